The molecule has 0 bridgehead atoms. The lowest BCUT2D eigenvalue weighted by atomic mass is 10.0. The van der Waals surface area contributed by atoms with Crippen molar-refractivity contribution in [2.75, 3.05) is 33.8 Å². The molecule has 1 aliphatic rings. The molecule has 0 saturated carbocycles. The number of rotatable bonds is 5. The highest BCUT2D eigenvalue weighted by Gasteiger charge is 2.26. The Bertz CT molecular complexity index is 799. The summed E-state index contributed by atoms with van der Waals surface area (Å²) < 4.78 is 30.7. The van der Waals surface area contributed by atoms with E-state index >= 15 is 0 Å². The van der Waals surface area contributed by atoms with Gasteiger partial charge in [0.05, 0.1) is 11.5 Å². The number of carbonyl (C=O) groups excluding carboxylic acids is 2. The minimum absolute atomic E-state index is 0.0725. The van der Waals surface area contributed by atoms with E-state index in [1.54, 1.807) is 24.8 Å². The normalized spacial score (nSPS) is 15.7. The molecule has 0 radical (unpaired) electrons. The van der Waals surface area contributed by atoms with Gasteiger partial charge >= 0.3 is 6.09 Å². The van der Waals surface area contributed by atoms with Crippen molar-refractivity contribution >= 4 is 22.0 Å². The van der Waals surface area contributed by atoms with Crippen LogP contribution in [0.25, 0.3) is 0 Å². The highest BCUT2D eigenvalue weighted by molar-refractivity contribution is 7.89. The number of piperidine rings is 1. The summed E-state index contributed by atoms with van der Waals surface area (Å²) in [6.07, 6.45) is 0.915. The molecule has 1 aromatic rings. The summed E-state index contributed by atoms with van der Waals surface area (Å²) >= 11 is 0. The Morgan fingerprint density at radius 3 is 2.44 bits per heavy atom. The highest BCUT2D eigenvalue weighted by Crippen LogP contribution is 2.19. The lowest BCUT2D eigenvalue weighted by Crippen LogP contribution is -2.46. The molecule has 8 nitrogen and oxygen atoms in total. The Labute approximate surface area is 160 Å². The molecule has 1 fully saturated rings. The zero-order valence-electron chi connectivity index (χ0n) is 16.2. The lowest BCUT2D eigenvalue weighted by Gasteiger charge is -2.31. The van der Waals surface area contributed by atoms with E-state index in [9.17, 15) is 18.0 Å². The maximum Gasteiger partial charge on any atom is 0.409 e. The van der Waals surface area contributed by atoms with Gasteiger partial charge in [0, 0.05) is 38.8 Å². The number of sulfonamides is 1. The van der Waals surface area contributed by atoms with Gasteiger partial charge in [0.2, 0.25) is 10.0 Å². The summed E-state index contributed by atoms with van der Waals surface area (Å²) in [6, 6.07) is 4.47. The third kappa shape index (κ3) is 4.98. The summed E-state index contributed by atoms with van der Waals surface area (Å²) in [4.78, 5) is 26.1. The number of hydrogen-bond acceptors (Lipinski definition) is 5. The average Bonchev–Trinajstić information content (AvgIpc) is 2.62. The van der Waals surface area contributed by atoms with Gasteiger partial charge in [-0.2, -0.15) is 0 Å². The van der Waals surface area contributed by atoms with E-state index in [4.69, 9.17) is 4.74 Å². The number of ether oxygens (including phenoxy) is 1. The van der Waals surface area contributed by atoms with Gasteiger partial charge in [-0.15, -0.1) is 0 Å². The van der Waals surface area contributed by atoms with E-state index in [1.165, 1.54) is 26.2 Å². The first-order chi connectivity index (χ1) is 12.7. The van der Waals surface area contributed by atoms with Crippen LogP contribution >= 0.6 is 0 Å². The molecule has 0 aromatic heterocycles. The van der Waals surface area contributed by atoms with Gasteiger partial charge in [-0.25, -0.2) is 17.5 Å². The van der Waals surface area contributed by atoms with Crippen molar-refractivity contribution < 1.29 is 22.7 Å². The van der Waals surface area contributed by atoms with Crippen molar-refractivity contribution in [2.24, 2.45) is 0 Å². The smallest absolute Gasteiger partial charge is 0.409 e. The van der Waals surface area contributed by atoms with Crippen LogP contribution < -0.4 is 5.32 Å². The molecule has 1 saturated heterocycles. The number of nitrogens with zero attached hydrogens (tertiary/aromatic N) is 2. The topological polar surface area (TPSA) is 96.0 Å². The van der Waals surface area contributed by atoms with Crippen LogP contribution in [0, 0.1) is 6.92 Å². The first-order valence-electron chi connectivity index (χ1n) is 8.92. The van der Waals surface area contributed by atoms with Crippen LogP contribution in [0.3, 0.4) is 0 Å². The summed E-state index contributed by atoms with van der Waals surface area (Å²) in [6.45, 7) is 4.89. The molecule has 0 unspecified atom stereocenters. The van der Waals surface area contributed by atoms with E-state index in [1.807, 2.05) is 0 Å². The molecule has 2 rings (SSSR count). The zero-order valence-corrected chi connectivity index (χ0v) is 17.0. The van der Waals surface area contributed by atoms with E-state index < -0.39 is 10.0 Å². The SMILES string of the molecule is CCOC(=O)N1CCC(NC(=O)c2cc(S(=O)(=O)N(C)C)ccc2C)CC1. The van der Waals surface area contributed by atoms with Crippen molar-refractivity contribution in [3.05, 3.63) is 29.3 Å². The maximum absolute atomic E-state index is 12.7. The van der Waals surface area contributed by atoms with Crippen LogP contribution in [0.5, 0.6) is 0 Å². The number of aryl methyl sites for hydroxylation is 1. The van der Waals surface area contributed by atoms with Gasteiger partial charge in [-0.05, 0) is 44.4 Å². The van der Waals surface area contributed by atoms with Crippen LogP contribution in [0.2, 0.25) is 0 Å². The molecular weight excluding hydrogens is 370 g/mol. The predicted octanol–water partition coefficient (Wildman–Crippen LogP) is 1.60. The summed E-state index contributed by atoms with van der Waals surface area (Å²) in [5, 5.41) is 2.95. The van der Waals surface area contributed by atoms with Gasteiger partial charge < -0.3 is 15.0 Å². The molecule has 1 N–H and O–H groups in total. The minimum atomic E-state index is -3.61. The van der Waals surface area contributed by atoms with Crippen LogP contribution in [-0.2, 0) is 14.8 Å². The van der Waals surface area contributed by atoms with Crippen molar-refractivity contribution in [1.82, 2.24) is 14.5 Å². The van der Waals surface area contributed by atoms with Crippen molar-refractivity contribution in [3.63, 3.8) is 0 Å². The molecule has 150 valence electrons. The number of nitrogens with one attached hydrogen (secondary N) is 1. The first kappa shape index (κ1) is 21.2. The van der Waals surface area contributed by atoms with Gasteiger partial charge in [0.1, 0.15) is 0 Å². The second kappa shape index (κ2) is 8.71. The molecule has 0 atom stereocenters. The molecule has 1 aromatic carbocycles. The molecular formula is C18H27N3O5S. The molecule has 0 aliphatic carbocycles. The monoisotopic (exact) mass is 397 g/mol. The van der Waals surface area contributed by atoms with Crippen molar-refractivity contribution in [3.8, 4) is 0 Å². The maximum atomic E-state index is 12.7. The van der Waals surface area contributed by atoms with E-state index in [2.05, 4.69) is 5.32 Å². The number of carbonyl (C=O) groups is 2. The van der Waals surface area contributed by atoms with Gasteiger partial charge in [-0.1, -0.05) is 6.07 Å². The summed E-state index contributed by atoms with van der Waals surface area (Å²) in [5.74, 6) is -0.308. The van der Waals surface area contributed by atoms with E-state index in [0.717, 1.165) is 4.31 Å². The fourth-order valence-corrected chi connectivity index (χ4v) is 3.83. The fourth-order valence-electron chi connectivity index (χ4n) is 2.90. The Kier molecular flexibility index (Phi) is 6.83. The summed E-state index contributed by atoms with van der Waals surface area (Å²) in [7, 11) is -0.708. The number of benzene rings is 1. The Hall–Kier alpha value is -2.13. The second-order valence-electron chi connectivity index (χ2n) is 6.70. The molecule has 9 heteroatoms. The van der Waals surface area contributed by atoms with Crippen LogP contribution in [0.4, 0.5) is 4.79 Å². The molecule has 1 aliphatic heterocycles. The molecule has 1 heterocycles. The third-order valence-electron chi connectivity index (χ3n) is 4.59. The number of amides is 2. The van der Waals surface area contributed by atoms with Gasteiger partial charge in [0.15, 0.2) is 0 Å². The first-order valence-corrected chi connectivity index (χ1v) is 10.4. The molecule has 2 amide bonds. The number of likely N-dealkylation sites (tertiary alicyclic amines) is 1. The molecule has 0 spiro atoms. The Balaban J connectivity index is 2.06. The Morgan fingerprint density at radius 2 is 1.89 bits per heavy atom. The predicted molar refractivity (Wildman–Crippen MR) is 101 cm³/mol. The highest BCUT2D eigenvalue weighted by atomic mass is 32.2. The Morgan fingerprint density at radius 1 is 1.26 bits per heavy atom. The van der Waals surface area contributed by atoms with Crippen LogP contribution in [0.1, 0.15) is 35.7 Å². The third-order valence-corrected chi connectivity index (χ3v) is 6.40. The van der Waals surface area contributed by atoms with Crippen molar-refractivity contribution in [2.45, 2.75) is 37.6 Å². The van der Waals surface area contributed by atoms with Gasteiger partial charge in [0.25, 0.3) is 5.91 Å². The largest absolute Gasteiger partial charge is 0.450 e. The molecule has 27 heavy (non-hydrogen) atoms. The van der Waals surface area contributed by atoms with Gasteiger partial charge in [-0.3, -0.25) is 4.79 Å². The van der Waals surface area contributed by atoms with Crippen molar-refractivity contribution in [1.29, 1.82) is 0 Å². The summed E-state index contributed by atoms with van der Waals surface area (Å²) in [5.41, 5.74) is 1.04. The van der Waals surface area contributed by atoms with E-state index in [0.29, 0.717) is 43.7 Å². The fraction of sp³-hybridized carbons (Fsp3) is 0.556. The zero-order chi connectivity index (χ0) is 20.2. The van der Waals surface area contributed by atoms with E-state index in [-0.39, 0.29) is 22.9 Å². The quantitative estimate of drug-likeness (QED) is 0.814. The average molecular weight is 397 g/mol. The minimum Gasteiger partial charge on any atom is -0.450 e. The lowest BCUT2D eigenvalue weighted by molar-refractivity contribution is 0.0859. The van der Waals surface area contributed by atoms with Crippen LogP contribution in [0.15, 0.2) is 23.1 Å². The number of hydrogen-bond donors (Lipinski definition) is 1. The standard InChI is InChI=1S/C18H27N3O5S/c1-5-26-18(23)21-10-8-14(9-11-21)19-17(22)16-12-15(7-6-13(16)2)27(24,25)20(3)4/h6-7,12,14H,5,8-11H2,1-4H3,(H,19,22). The van der Waals surface area contributed by atoms with Crippen LogP contribution in [-0.4, -0.2) is 69.5 Å². The second-order valence-corrected chi connectivity index (χ2v) is 8.85.